The second-order valence-electron chi connectivity index (χ2n) is 4.11. The Bertz CT molecular complexity index is 415. The fourth-order valence-corrected chi connectivity index (χ4v) is 2.45. The van der Waals surface area contributed by atoms with Crippen LogP contribution < -0.4 is 5.32 Å². The molecule has 2 heterocycles. The van der Waals surface area contributed by atoms with Crippen LogP contribution in [0.4, 0.5) is 0 Å². The van der Waals surface area contributed by atoms with Gasteiger partial charge in [0.15, 0.2) is 0 Å². The molecule has 14 heavy (non-hydrogen) atoms. The zero-order valence-corrected chi connectivity index (χ0v) is 10.2. The molecule has 2 rings (SSSR count). The van der Waals surface area contributed by atoms with Gasteiger partial charge in [0.05, 0.1) is 11.5 Å². The lowest BCUT2D eigenvalue weighted by molar-refractivity contribution is 0.798. The highest BCUT2D eigenvalue weighted by molar-refractivity contribution is 7.12. The predicted molar refractivity (Wildman–Crippen MR) is 60.0 cm³/mol. The van der Waals surface area contributed by atoms with Gasteiger partial charge >= 0.3 is 0 Å². The van der Waals surface area contributed by atoms with Gasteiger partial charge in [-0.3, -0.25) is 0 Å². The van der Waals surface area contributed by atoms with Crippen LogP contribution in [-0.2, 0) is 0 Å². The zero-order valence-electron chi connectivity index (χ0n) is 8.43. The number of nitrogens with zero attached hydrogens (tertiary/aromatic N) is 4. The first-order valence-electron chi connectivity index (χ1n) is 4.40. The van der Waals surface area contributed by atoms with Gasteiger partial charge in [-0.25, -0.2) is 4.98 Å². The molecule has 0 aliphatic carbocycles. The summed E-state index contributed by atoms with van der Waals surface area (Å²) >= 11 is 1.56. The average molecular weight is 224 g/mol. The molecule has 0 aliphatic rings. The van der Waals surface area contributed by atoms with E-state index in [1.165, 1.54) is 0 Å². The van der Waals surface area contributed by atoms with Gasteiger partial charge in [0.25, 0.3) is 0 Å². The molecule has 2 aromatic rings. The van der Waals surface area contributed by atoms with Gasteiger partial charge in [0, 0.05) is 11.6 Å². The number of hydrogen-bond acceptors (Lipinski definition) is 4. The number of rotatable bonds is 2. The molecule has 74 valence electrons. The van der Waals surface area contributed by atoms with Crippen LogP contribution in [0, 0.1) is 0 Å². The van der Waals surface area contributed by atoms with Gasteiger partial charge in [-0.2, -0.15) is 4.68 Å². The largest absolute Gasteiger partial charge is 0.227 e. The first-order valence-corrected chi connectivity index (χ1v) is 8.78. The Morgan fingerprint density at radius 3 is 2.64 bits per heavy atom. The molecule has 0 radical (unpaired) electrons. The molecule has 0 amide bonds. The average Bonchev–Trinajstić information content (AvgIpc) is 2.73. The smallest absolute Gasteiger partial charge is 0.211 e. The van der Waals surface area contributed by atoms with E-state index in [2.05, 4.69) is 34.9 Å². The Labute approximate surface area is 87.6 Å². The molecule has 0 saturated carbocycles. The van der Waals surface area contributed by atoms with E-state index in [1.807, 2.05) is 11.6 Å². The molecule has 0 aromatic carbocycles. The van der Waals surface area contributed by atoms with Gasteiger partial charge < -0.3 is 0 Å². The van der Waals surface area contributed by atoms with Gasteiger partial charge in [-0.05, 0) is 0 Å². The summed E-state index contributed by atoms with van der Waals surface area (Å²) in [6.45, 7) is 6.76. The standard InChI is InChI=1S/C8H12N4SSi/c1-14(2,3)7-6-12(11-10-7)8-9-4-5-13-8/h4-6H,1-3H3. The lowest BCUT2D eigenvalue weighted by Crippen LogP contribution is -2.38. The summed E-state index contributed by atoms with van der Waals surface area (Å²) in [4.78, 5) is 4.18. The van der Waals surface area contributed by atoms with Crippen LogP contribution >= 0.6 is 11.3 Å². The SMILES string of the molecule is C[Si](C)(C)c1cn(-c2nccs2)nn1. The predicted octanol–water partition coefficient (Wildman–Crippen LogP) is 1.27. The fourth-order valence-electron chi connectivity index (χ4n) is 1.03. The molecule has 0 unspecified atom stereocenters. The van der Waals surface area contributed by atoms with Crippen molar-refractivity contribution in [3.8, 4) is 5.13 Å². The maximum atomic E-state index is 4.18. The van der Waals surface area contributed by atoms with E-state index in [1.54, 1.807) is 22.2 Å². The topological polar surface area (TPSA) is 43.6 Å². The minimum absolute atomic E-state index is 0.877. The molecule has 0 atom stereocenters. The minimum atomic E-state index is -1.34. The first-order chi connectivity index (χ1) is 6.57. The van der Waals surface area contributed by atoms with Crippen LogP contribution in [0.25, 0.3) is 5.13 Å². The van der Waals surface area contributed by atoms with E-state index in [-0.39, 0.29) is 0 Å². The molecule has 0 spiro atoms. The second kappa shape index (κ2) is 3.29. The van der Waals surface area contributed by atoms with E-state index in [0.29, 0.717) is 0 Å². The molecule has 0 saturated heterocycles. The van der Waals surface area contributed by atoms with Crippen LogP contribution in [0.15, 0.2) is 17.8 Å². The lowest BCUT2D eigenvalue weighted by Gasteiger charge is -2.09. The monoisotopic (exact) mass is 224 g/mol. The summed E-state index contributed by atoms with van der Waals surface area (Å²) in [5.74, 6) is 0. The quantitative estimate of drug-likeness (QED) is 0.722. The molecule has 0 bridgehead atoms. The zero-order chi connectivity index (χ0) is 10.2. The summed E-state index contributed by atoms with van der Waals surface area (Å²) in [5, 5.41) is 12.2. The summed E-state index contributed by atoms with van der Waals surface area (Å²) in [7, 11) is -1.34. The maximum Gasteiger partial charge on any atom is 0.211 e. The summed E-state index contributed by atoms with van der Waals surface area (Å²) < 4.78 is 1.75. The van der Waals surface area contributed by atoms with Crippen LogP contribution in [-0.4, -0.2) is 28.1 Å². The van der Waals surface area contributed by atoms with Crippen molar-refractivity contribution in [1.82, 2.24) is 20.0 Å². The van der Waals surface area contributed by atoms with E-state index in [0.717, 1.165) is 10.4 Å². The van der Waals surface area contributed by atoms with E-state index >= 15 is 0 Å². The third-order valence-corrected chi connectivity index (χ3v) is 4.40. The van der Waals surface area contributed by atoms with Gasteiger partial charge in [-0.1, -0.05) is 24.9 Å². The van der Waals surface area contributed by atoms with Gasteiger partial charge in [-0.15, -0.1) is 16.4 Å². The Morgan fingerprint density at radius 2 is 2.14 bits per heavy atom. The number of thiazole rings is 1. The summed E-state index contributed by atoms with van der Waals surface area (Å²) in [6, 6.07) is 0. The van der Waals surface area contributed by atoms with Crippen molar-refractivity contribution in [3.05, 3.63) is 17.8 Å². The van der Waals surface area contributed by atoms with Crippen molar-refractivity contribution in [2.45, 2.75) is 19.6 Å². The van der Waals surface area contributed by atoms with Crippen LogP contribution in [0.2, 0.25) is 19.6 Å². The van der Waals surface area contributed by atoms with Crippen molar-refractivity contribution in [2.75, 3.05) is 0 Å². The third kappa shape index (κ3) is 1.76. The Balaban J connectivity index is 2.36. The van der Waals surface area contributed by atoms with Crippen LogP contribution in [0.3, 0.4) is 0 Å². The van der Waals surface area contributed by atoms with E-state index in [4.69, 9.17) is 0 Å². The first kappa shape index (κ1) is 9.54. The van der Waals surface area contributed by atoms with Crippen molar-refractivity contribution in [1.29, 1.82) is 0 Å². The van der Waals surface area contributed by atoms with Gasteiger partial charge in [0.1, 0.15) is 8.07 Å². The highest BCUT2D eigenvalue weighted by Crippen LogP contribution is 2.08. The highest BCUT2D eigenvalue weighted by Gasteiger charge is 2.20. The van der Waals surface area contributed by atoms with E-state index in [9.17, 15) is 0 Å². The summed E-state index contributed by atoms with van der Waals surface area (Å²) in [5.41, 5.74) is 0. The number of aromatic nitrogens is 4. The van der Waals surface area contributed by atoms with Crippen molar-refractivity contribution >= 4 is 24.7 Å². The molecule has 4 nitrogen and oxygen atoms in total. The second-order valence-corrected chi connectivity index (χ2v) is 10.00. The Morgan fingerprint density at radius 1 is 1.36 bits per heavy atom. The van der Waals surface area contributed by atoms with Crippen molar-refractivity contribution < 1.29 is 0 Å². The van der Waals surface area contributed by atoms with Crippen molar-refractivity contribution in [2.24, 2.45) is 0 Å². The molecule has 0 aliphatic heterocycles. The lowest BCUT2D eigenvalue weighted by atomic mass is 10.9. The molecular weight excluding hydrogens is 212 g/mol. The molecular formula is C8H12N4SSi. The maximum absolute atomic E-state index is 4.18. The summed E-state index contributed by atoms with van der Waals surface area (Å²) in [6.07, 6.45) is 3.76. The fraction of sp³-hybridized carbons (Fsp3) is 0.375. The van der Waals surface area contributed by atoms with Gasteiger partial charge in [0.2, 0.25) is 5.13 Å². The number of hydrogen-bond donors (Lipinski definition) is 0. The molecule has 2 aromatic heterocycles. The molecule has 0 fully saturated rings. The third-order valence-electron chi connectivity index (χ3n) is 1.88. The minimum Gasteiger partial charge on any atom is -0.227 e. The molecule has 6 heteroatoms. The Kier molecular flexibility index (Phi) is 2.24. The van der Waals surface area contributed by atoms with Crippen molar-refractivity contribution in [3.63, 3.8) is 0 Å². The molecule has 0 N–H and O–H groups in total. The normalized spacial score (nSPS) is 11.9. The van der Waals surface area contributed by atoms with E-state index < -0.39 is 8.07 Å². The van der Waals surface area contributed by atoms with Crippen LogP contribution in [0.5, 0.6) is 0 Å². The Hall–Kier alpha value is -1.01. The van der Waals surface area contributed by atoms with Crippen LogP contribution in [0.1, 0.15) is 0 Å². The highest BCUT2D eigenvalue weighted by atomic mass is 32.1.